The molecule has 2 rings (SSSR count). The molecular weight excluding hydrogens is 129 g/mol. The number of nitrogens with zero attached hydrogens (tertiary/aromatic N) is 1. The fourth-order valence-electron chi connectivity index (χ4n) is 1.81. The number of halogens is 1. The zero-order chi connectivity index (χ0) is 7.19. The van der Waals surface area contributed by atoms with Crippen LogP contribution in [0.1, 0.15) is 26.2 Å². The number of alkyl halides is 1. The van der Waals surface area contributed by atoms with Crippen molar-refractivity contribution in [2.45, 2.75) is 37.9 Å². The molecule has 1 aliphatic carbocycles. The van der Waals surface area contributed by atoms with Gasteiger partial charge in [0.05, 0.1) is 0 Å². The third-order valence-electron chi connectivity index (χ3n) is 2.66. The van der Waals surface area contributed by atoms with Gasteiger partial charge >= 0.3 is 0 Å². The van der Waals surface area contributed by atoms with Crippen LogP contribution in [-0.2, 0) is 0 Å². The molecule has 1 aliphatic heterocycles. The molecule has 1 saturated carbocycles. The largest absolute Gasteiger partial charge is 0.294 e. The average Bonchev–Trinajstić information content (AvgIpc) is 1.54. The Morgan fingerprint density at radius 3 is 2.30 bits per heavy atom. The highest BCUT2D eigenvalue weighted by atomic mass is 19.1. The van der Waals surface area contributed by atoms with Gasteiger partial charge in [0.2, 0.25) is 0 Å². The van der Waals surface area contributed by atoms with Crippen LogP contribution in [0.15, 0.2) is 0 Å². The van der Waals surface area contributed by atoms with Gasteiger partial charge in [0.1, 0.15) is 5.67 Å². The van der Waals surface area contributed by atoms with Crippen molar-refractivity contribution in [1.29, 1.82) is 0 Å². The lowest BCUT2D eigenvalue weighted by Crippen LogP contribution is -2.62. The molecule has 1 heterocycles. The number of likely N-dealkylation sites (tertiary alicyclic amines) is 1. The maximum absolute atomic E-state index is 12.9. The van der Waals surface area contributed by atoms with Gasteiger partial charge in [-0.2, -0.15) is 0 Å². The molecule has 0 aromatic heterocycles. The molecule has 1 saturated heterocycles. The van der Waals surface area contributed by atoms with E-state index in [9.17, 15) is 4.39 Å². The molecule has 0 spiro atoms. The second kappa shape index (κ2) is 1.94. The Labute approximate surface area is 61.2 Å². The van der Waals surface area contributed by atoms with E-state index in [1.165, 1.54) is 19.3 Å². The summed E-state index contributed by atoms with van der Waals surface area (Å²) >= 11 is 0. The smallest absolute Gasteiger partial charge is 0.133 e. The Bertz CT molecular complexity index is 132. The minimum atomic E-state index is -0.865. The Morgan fingerprint density at radius 2 is 2.00 bits per heavy atom. The van der Waals surface area contributed by atoms with Gasteiger partial charge < -0.3 is 0 Å². The lowest BCUT2D eigenvalue weighted by atomic mass is 9.86. The van der Waals surface area contributed by atoms with Crippen molar-refractivity contribution in [3.8, 4) is 0 Å². The van der Waals surface area contributed by atoms with Gasteiger partial charge in [0.15, 0.2) is 0 Å². The molecule has 0 atom stereocenters. The standard InChI is InChI=1S/C8H14FN/c1-8(9)5-10(6-8)7-3-2-4-7/h7H,2-6H2,1H3. The minimum Gasteiger partial charge on any atom is -0.294 e. The Morgan fingerprint density at radius 1 is 1.40 bits per heavy atom. The number of hydrogen-bond donors (Lipinski definition) is 0. The van der Waals surface area contributed by atoms with E-state index in [0.717, 1.165) is 6.04 Å². The van der Waals surface area contributed by atoms with E-state index in [2.05, 4.69) is 4.90 Å². The minimum absolute atomic E-state index is 0.678. The maximum atomic E-state index is 12.9. The monoisotopic (exact) mass is 143 g/mol. The SMILES string of the molecule is CC1(F)CN(C2CCC2)C1. The van der Waals surface area contributed by atoms with E-state index in [-0.39, 0.29) is 0 Å². The fourth-order valence-corrected chi connectivity index (χ4v) is 1.81. The first kappa shape index (κ1) is 6.59. The molecule has 0 aromatic carbocycles. The number of hydrogen-bond acceptors (Lipinski definition) is 1. The molecule has 0 radical (unpaired) electrons. The average molecular weight is 143 g/mol. The van der Waals surface area contributed by atoms with E-state index in [1.54, 1.807) is 6.92 Å². The summed E-state index contributed by atoms with van der Waals surface area (Å²) in [6.07, 6.45) is 3.95. The topological polar surface area (TPSA) is 3.24 Å². The highest BCUT2D eigenvalue weighted by Gasteiger charge is 2.43. The summed E-state index contributed by atoms with van der Waals surface area (Å²) in [4.78, 5) is 2.27. The zero-order valence-electron chi connectivity index (χ0n) is 6.44. The summed E-state index contributed by atoms with van der Waals surface area (Å²) in [5, 5.41) is 0. The summed E-state index contributed by atoms with van der Waals surface area (Å²) in [6.45, 7) is 3.05. The maximum Gasteiger partial charge on any atom is 0.133 e. The van der Waals surface area contributed by atoms with E-state index < -0.39 is 5.67 Å². The molecule has 2 aliphatic rings. The first-order chi connectivity index (χ1) is 4.67. The molecule has 1 nitrogen and oxygen atoms in total. The first-order valence-electron chi connectivity index (χ1n) is 4.10. The van der Waals surface area contributed by atoms with Crippen molar-refractivity contribution < 1.29 is 4.39 Å². The van der Waals surface area contributed by atoms with E-state index in [4.69, 9.17) is 0 Å². The Hall–Kier alpha value is -0.110. The van der Waals surface area contributed by atoms with Gasteiger partial charge in [-0.3, -0.25) is 4.90 Å². The molecule has 58 valence electrons. The van der Waals surface area contributed by atoms with Crippen LogP contribution >= 0.6 is 0 Å². The van der Waals surface area contributed by atoms with Gasteiger partial charge in [-0.15, -0.1) is 0 Å². The molecule has 10 heavy (non-hydrogen) atoms. The van der Waals surface area contributed by atoms with Gasteiger partial charge in [-0.25, -0.2) is 4.39 Å². The quantitative estimate of drug-likeness (QED) is 0.538. The number of rotatable bonds is 1. The second-order valence-corrected chi connectivity index (χ2v) is 3.90. The first-order valence-corrected chi connectivity index (χ1v) is 4.10. The zero-order valence-corrected chi connectivity index (χ0v) is 6.44. The molecule has 0 aromatic rings. The van der Waals surface area contributed by atoms with Crippen molar-refractivity contribution in [2.75, 3.05) is 13.1 Å². The van der Waals surface area contributed by atoms with Gasteiger partial charge in [0, 0.05) is 19.1 Å². The summed E-state index contributed by atoms with van der Waals surface area (Å²) in [5.74, 6) is 0. The lowest BCUT2D eigenvalue weighted by molar-refractivity contribution is -0.0631. The van der Waals surface area contributed by atoms with Gasteiger partial charge in [-0.1, -0.05) is 6.42 Å². The molecule has 0 bridgehead atoms. The molecule has 2 heteroatoms. The van der Waals surface area contributed by atoms with Crippen LogP contribution in [0.4, 0.5) is 4.39 Å². The highest BCUT2D eigenvalue weighted by Crippen LogP contribution is 2.34. The molecule has 0 amide bonds. The van der Waals surface area contributed by atoms with Crippen molar-refractivity contribution in [3.63, 3.8) is 0 Å². The van der Waals surface area contributed by atoms with E-state index >= 15 is 0 Å². The summed E-state index contributed by atoms with van der Waals surface area (Å²) in [5.41, 5.74) is -0.865. The lowest BCUT2D eigenvalue weighted by Gasteiger charge is -2.49. The Kier molecular flexibility index (Phi) is 1.28. The predicted molar refractivity (Wildman–Crippen MR) is 38.7 cm³/mol. The van der Waals surface area contributed by atoms with Crippen LogP contribution < -0.4 is 0 Å². The van der Waals surface area contributed by atoms with Crippen LogP contribution in [0.5, 0.6) is 0 Å². The predicted octanol–water partition coefficient (Wildman–Crippen LogP) is 1.58. The van der Waals surface area contributed by atoms with Crippen LogP contribution in [-0.4, -0.2) is 29.7 Å². The van der Waals surface area contributed by atoms with Crippen LogP contribution in [0.2, 0.25) is 0 Å². The third-order valence-corrected chi connectivity index (χ3v) is 2.66. The van der Waals surface area contributed by atoms with Crippen LogP contribution in [0.25, 0.3) is 0 Å². The highest BCUT2D eigenvalue weighted by molar-refractivity contribution is 4.97. The van der Waals surface area contributed by atoms with Crippen molar-refractivity contribution in [3.05, 3.63) is 0 Å². The van der Waals surface area contributed by atoms with Crippen LogP contribution in [0, 0.1) is 0 Å². The van der Waals surface area contributed by atoms with Crippen molar-refractivity contribution in [2.24, 2.45) is 0 Å². The normalized spacial score (nSPS) is 33.0. The fraction of sp³-hybridized carbons (Fsp3) is 1.00. The Balaban J connectivity index is 1.79. The van der Waals surface area contributed by atoms with Gasteiger partial charge in [-0.05, 0) is 19.8 Å². The van der Waals surface area contributed by atoms with E-state index in [1.807, 2.05) is 0 Å². The van der Waals surface area contributed by atoms with Crippen molar-refractivity contribution in [1.82, 2.24) is 4.90 Å². The molecule has 2 fully saturated rings. The molecule has 0 N–H and O–H groups in total. The third kappa shape index (κ3) is 0.947. The second-order valence-electron chi connectivity index (χ2n) is 3.90. The van der Waals surface area contributed by atoms with Crippen molar-refractivity contribution >= 4 is 0 Å². The molecule has 0 unspecified atom stereocenters. The summed E-state index contributed by atoms with van der Waals surface area (Å²) in [6, 6.07) is 0.740. The van der Waals surface area contributed by atoms with Gasteiger partial charge in [0.25, 0.3) is 0 Å². The van der Waals surface area contributed by atoms with Crippen LogP contribution in [0.3, 0.4) is 0 Å². The van der Waals surface area contributed by atoms with E-state index in [0.29, 0.717) is 13.1 Å². The summed E-state index contributed by atoms with van der Waals surface area (Å²) < 4.78 is 12.9. The summed E-state index contributed by atoms with van der Waals surface area (Å²) in [7, 11) is 0. The molecular formula is C8H14FN.